The maximum Gasteiger partial charge on any atom is 0.223 e. The Hall–Kier alpha value is -2.27. The van der Waals surface area contributed by atoms with Crippen LogP contribution in [-0.2, 0) is 24.2 Å². The van der Waals surface area contributed by atoms with Gasteiger partial charge >= 0.3 is 0 Å². The lowest BCUT2D eigenvalue weighted by atomic mass is 9.98. The summed E-state index contributed by atoms with van der Waals surface area (Å²) in [6.45, 7) is 3.48. The van der Waals surface area contributed by atoms with Gasteiger partial charge in [0.1, 0.15) is 5.82 Å². The molecule has 1 atom stereocenters. The second-order valence-corrected chi connectivity index (χ2v) is 7.29. The van der Waals surface area contributed by atoms with Crippen LogP contribution in [-0.4, -0.2) is 40.4 Å². The molecule has 1 aromatic carbocycles. The molecular formula is C21H26N4O. The minimum atomic E-state index is 0.222. The third-order valence-electron chi connectivity index (χ3n) is 5.44. The molecule has 0 bridgehead atoms. The Morgan fingerprint density at radius 1 is 1.27 bits per heavy atom. The maximum atomic E-state index is 12.6. The average Bonchev–Trinajstić information content (AvgIpc) is 2.72. The van der Waals surface area contributed by atoms with Gasteiger partial charge in [0.05, 0.1) is 5.69 Å². The first-order valence-corrected chi connectivity index (χ1v) is 9.67. The van der Waals surface area contributed by atoms with Crippen molar-refractivity contribution >= 4 is 5.91 Å². The second kappa shape index (κ2) is 7.96. The van der Waals surface area contributed by atoms with Gasteiger partial charge in [0.25, 0.3) is 0 Å². The van der Waals surface area contributed by atoms with E-state index >= 15 is 0 Å². The molecule has 3 heterocycles. The fraction of sp³-hybridized carbons (Fsp3) is 0.476. The van der Waals surface area contributed by atoms with Gasteiger partial charge in [0.15, 0.2) is 0 Å². The molecule has 1 fully saturated rings. The lowest BCUT2D eigenvalue weighted by Crippen LogP contribution is -2.37. The van der Waals surface area contributed by atoms with Gasteiger partial charge in [0, 0.05) is 50.2 Å². The van der Waals surface area contributed by atoms with E-state index in [-0.39, 0.29) is 5.91 Å². The van der Waals surface area contributed by atoms with Crippen LogP contribution < -0.4 is 5.32 Å². The minimum absolute atomic E-state index is 0.222. The summed E-state index contributed by atoms with van der Waals surface area (Å²) < 4.78 is 0. The van der Waals surface area contributed by atoms with Crippen molar-refractivity contribution in [3.8, 4) is 0 Å². The molecule has 26 heavy (non-hydrogen) atoms. The van der Waals surface area contributed by atoms with Gasteiger partial charge in [-0.1, -0.05) is 30.3 Å². The van der Waals surface area contributed by atoms with Crippen LogP contribution in [0.2, 0.25) is 0 Å². The Bertz CT molecular complexity index is 756. The fourth-order valence-corrected chi connectivity index (χ4v) is 3.87. The highest BCUT2D eigenvalue weighted by atomic mass is 16.2. The molecule has 5 heteroatoms. The summed E-state index contributed by atoms with van der Waals surface area (Å²) in [5.41, 5.74) is 3.46. The molecule has 2 aliphatic heterocycles. The molecule has 5 nitrogen and oxygen atoms in total. The van der Waals surface area contributed by atoms with Crippen molar-refractivity contribution in [3.05, 3.63) is 59.2 Å². The summed E-state index contributed by atoms with van der Waals surface area (Å²) >= 11 is 0. The number of piperidine rings is 1. The monoisotopic (exact) mass is 350 g/mol. The van der Waals surface area contributed by atoms with E-state index < -0.39 is 0 Å². The largest absolute Gasteiger partial charge is 0.338 e. The van der Waals surface area contributed by atoms with E-state index in [2.05, 4.69) is 22.4 Å². The fourth-order valence-electron chi connectivity index (χ4n) is 3.87. The van der Waals surface area contributed by atoms with Crippen LogP contribution in [0.3, 0.4) is 0 Å². The number of hydrogen-bond acceptors (Lipinski definition) is 4. The van der Waals surface area contributed by atoms with Crippen LogP contribution in [0.4, 0.5) is 0 Å². The standard InChI is InChI=1S/C21H26N4O/c26-20(9-8-16-5-2-1-3-6-16)25-12-10-19-18(15-25)14-23-21(24-19)17-7-4-11-22-13-17/h1-3,5-6,14,17,22H,4,7-13,15H2. The molecule has 1 aromatic heterocycles. The van der Waals surface area contributed by atoms with Crippen molar-refractivity contribution in [2.24, 2.45) is 0 Å². The topological polar surface area (TPSA) is 58.1 Å². The summed E-state index contributed by atoms with van der Waals surface area (Å²) in [7, 11) is 0. The lowest BCUT2D eigenvalue weighted by molar-refractivity contribution is -0.132. The van der Waals surface area contributed by atoms with Crippen molar-refractivity contribution in [1.29, 1.82) is 0 Å². The Kier molecular flexibility index (Phi) is 5.25. The summed E-state index contributed by atoms with van der Waals surface area (Å²) in [4.78, 5) is 24.0. The number of carbonyl (C=O) groups excluding carboxylic acids is 1. The number of aryl methyl sites for hydroxylation is 1. The van der Waals surface area contributed by atoms with E-state index in [1.165, 1.54) is 12.0 Å². The van der Waals surface area contributed by atoms with Gasteiger partial charge in [-0.15, -0.1) is 0 Å². The first-order chi connectivity index (χ1) is 12.8. The molecule has 2 aliphatic rings. The number of hydrogen-bond donors (Lipinski definition) is 1. The highest BCUT2D eigenvalue weighted by molar-refractivity contribution is 5.76. The third-order valence-corrected chi connectivity index (χ3v) is 5.44. The molecule has 1 unspecified atom stereocenters. The van der Waals surface area contributed by atoms with E-state index in [4.69, 9.17) is 4.98 Å². The van der Waals surface area contributed by atoms with Crippen LogP contribution in [0.5, 0.6) is 0 Å². The summed E-state index contributed by atoms with van der Waals surface area (Å²) in [6.07, 6.45) is 6.49. The SMILES string of the molecule is O=C(CCc1ccccc1)N1CCc2nc(C3CCCNC3)ncc2C1. The number of nitrogens with zero attached hydrogens (tertiary/aromatic N) is 3. The van der Waals surface area contributed by atoms with Gasteiger partial charge in [-0.05, 0) is 31.4 Å². The van der Waals surface area contributed by atoms with Gasteiger partial charge < -0.3 is 10.2 Å². The van der Waals surface area contributed by atoms with Crippen molar-refractivity contribution in [1.82, 2.24) is 20.2 Å². The zero-order valence-corrected chi connectivity index (χ0v) is 15.2. The second-order valence-electron chi connectivity index (χ2n) is 7.29. The van der Waals surface area contributed by atoms with Crippen LogP contribution in [0, 0.1) is 0 Å². The van der Waals surface area contributed by atoms with Crippen LogP contribution in [0.15, 0.2) is 36.5 Å². The van der Waals surface area contributed by atoms with Gasteiger partial charge in [0.2, 0.25) is 5.91 Å². The van der Waals surface area contributed by atoms with Crippen molar-refractivity contribution < 1.29 is 4.79 Å². The summed E-state index contributed by atoms with van der Waals surface area (Å²) in [5, 5.41) is 3.43. The molecule has 4 rings (SSSR count). The molecule has 1 amide bonds. The van der Waals surface area contributed by atoms with Gasteiger partial charge in [-0.25, -0.2) is 9.97 Å². The van der Waals surface area contributed by atoms with Gasteiger partial charge in [-0.3, -0.25) is 4.79 Å². The third kappa shape index (κ3) is 3.93. The smallest absolute Gasteiger partial charge is 0.223 e. The minimum Gasteiger partial charge on any atom is -0.338 e. The van der Waals surface area contributed by atoms with Gasteiger partial charge in [-0.2, -0.15) is 0 Å². The molecule has 2 aromatic rings. The number of nitrogens with one attached hydrogen (secondary N) is 1. The van der Waals surface area contributed by atoms with Crippen molar-refractivity contribution in [2.75, 3.05) is 19.6 Å². The number of aromatic nitrogens is 2. The summed E-state index contributed by atoms with van der Waals surface area (Å²) in [5.74, 6) is 1.62. The first-order valence-electron chi connectivity index (χ1n) is 9.67. The Morgan fingerprint density at radius 3 is 2.96 bits per heavy atom. The van der Waals surface area contributed by atoms with E-state index in [0.717, 1.165) is 56.0 Å². The molecule has 1 N–H and O–H groups in total. The zero-order valence-electron chi connectivity index (χ0n) is 15.2. The maximum absolute atomic E-state index is 12.6. The predicted molar refractivity (Wildman–Crippen MR) is 101 cm³/mol. The van der Waals surface area contributed by atoms with E-state index in [9.17, 15) is 4.79 Å². The molecule has 0 aliphatic carbocycles. The zero-order chi connectivity index (χ0) is 17.8. The Labute approximate surface area is 154 Å². The number of amides is 1. The number of carbonyl (C=O) groups is 1. The van der Waals surface area contributed by atoms with Crippen molar-refractivity contribution in [2.45, 2.75) is 44.6 Å². The molecular weight excluding hydrogens is 324 g/mol. The molecule has 136 valence electrons. The van der Waals surface area contributed by atoms with Crippen LogP contribution in [0.25, 0.3) is 0 Å². The van der Waals surface area contributed by atoms with E-state index in [0.29, 0.717) is 18.9 Å². The molecule has 1 saturated heterocycles. The predicted octanol–water partition coefficient (Wildman–Crippen LogP) is 2.46. The number of benzene rings is 1. The van der Waals surface area contributed by atoms with E-state index in [1.807, 2.05) is 29.3 Å². The highest BCUT2D eigenvalue weighted by Crippen LogP contribution is 2.23. The molecule has 0 spiro atoms. The van der Waals surface area contributed by atoms with Crippen LogP contribution in [0.1, 0.15) is 47.8 Å². The van der Waals surface area contributed by atoms with Crippen molar-refractivity contribution in [3.63, 3.8) is 0 Å². The number of fused-ring (bicyclic) bond motifs is 1. The lowest BCUT2D eigenvalue weighted by Gasteiger charge is -2.29. The number of rotatable bonds is 4. The molecule has 0 radical (unpaired) electrons. The highest BCUT2D eigenvalue weighted by Gasteiger charge is 2.24. The summed E-state index contributed by atoms with van der Waals surface area (Å²) in [6, 6.07) is 10.2. The quantitative estimate of drug-likeness (QED) is 0.920. The van der Waals surface area contributed by atoms with Crippen LogP contribution >= 0.6 is 0 Å². The normalized spacial score (nSPS) is 19.8. The average molecular weight is 350 g/mol. The first kappa shape index (κ1) is 17.2. The molecule has 0 saturated carbocycles. The Balaban J connectivity index is 1.37. The Morgan fingerprint density at radius 2 is 2.15 bits per heavy atom. The van der Waals surface area contributed by atoms with E-state index in [1.54, 1.807) is 0 Å².